The molecule has 0 atom stereocenters. The number of halogens is 1. The van der Waals surface area contributed by atoms with E-state index in [2.05, 4.69) is 9.88 Å². The Bertz CT molecular complexity index is 1040. The molecule has 29 heavy (non-hydrogen) atoms. The van der Waals surface area contributed by atoms with Gasteiger partial charge in [0.25, 0.3) is 5.91 Å². The van der Waals surface area contributed by atoms with Gasteiger partial charge in [0.05, 0.1) is 0 Å². The van der Waals surface area contributed by atoms with Crippen molar-refractivity contribution in [1.82, 2.24) is 14.3 Å². The van der Waals surface area contributed by atoms with E-state index in [0.29, 0.717) is 31.8 Å². The standard InChI is InChI=1S/C21H21FN4O3/c1-15-3-2-4-19-23-18(13-26(15)19)21(28)29-14-20(27)25-11-9-24(10-12-25)17-7-5-16(22)6-8-17/h2-8,13H,9-12,14H2,1H3. The van der Waals surface area contributed by atoms with Gasteiger partial charge in [0.1, 0.15) is 11.5 Å². The van der Waals surface area contributed by atoms with Crippen molar-refractivity contribution in [3.8, 4) is 0 Å². The van der Waals surface area contributed by atoms with E-state index >= 15 is 0 Å². The van der Waals surface area contributed by atoms with Crippen molar-refractivity contribution in [2.45, 2.75) is 6.92 Å². The van der Waals surface area contributed by atoms with Gasteiger partial charge < -0.3 is 18.9 Å². The van der Waals surface area contributed by atoms with Crippen molar-refractivity contribution in [3.63, 3.8) is 0 Å². The molecule has 0 radical (unpaired) electrons. The second-order valence-corrected chi connectivity index (χ2v) is 6.94. The predicted octanol–water partition coefficient (Wildman–Crippen LogP) is 2.29. The highest BCUT2D eigenvalue weighted by Crippen LogP contribution is 2.17. The van der Waals surface area contributed by atoms with Crippen LogP contribution in [0.2, 0.25) is 0 Å². The van der Waals surface area contributed by atoms with Crippen LogP contribution in [0.4, 0.5) is 10.1 Å². The largest absolute Gasteiger partial charge is 0.451 e. The van der Waals surface area contributed by atoms with Crippen molar-refractivity contribution in [1.29, 1.82) is 0 Å². The van der Waals surface area contributed by atoms with Crippen molar-refractivity contribution >= 4 is 23.2 Å². The van der Waals surface area contributed by atoms with Crippen LogP contribution in [-0.4, -0.2) is 58.9 Å². The zero-order valence-electron chi connectivity index (χ0n) is 16.0. The fraction of sp³-hybridized carbons (Fsp3) is 0.286. The minimum Gasteiger partial charge on any atom is -0.451 e. The number of carbonyl (C=O) groups is 2. The van der Waals surface area contributed by atoms with Crippen LogP contribution in [0.1, 0.15) is 16.2 Å². The van der Waals surface area contributed by atoms with E-state index in [1.165, 1.54) is 12.1 Å². The van der Waals surface area contributed by atoms with Crippen LogP contribution in [0.15, 0.2) is 48.7 Å². The summed E-state index contributed by atoms with van der Waals surface area (Å²) in [4.78, 5) is 32.7. The Labute approximate surface area is 167 Å². The number of piperazine rings is 1. The maximum absolute atomic E-state index is 13.1. The lowest BCUT2D eigenvalue weighted by Crippen LogP contribution is -2.49. The molecule has 3 aromatic rings. The van der Waals surface area contributed by atoms with Crippen molar-refractivity contribution < 1.29 is 18.7 Å². The Morgan fingerprint density at radius 2 is 1.79 bits per heavy atom. The number of benzene rings is 1. The van der Waals surface area contributed by atoms with Gasteiger partial charge in [-0.1, -0.05) is 6.07 Å². The van der Waals surface area contributed by atoms with Gasteiger partial charge in [-0.05, 0) is 43.3 Å². The molecule has 3 heterocycles. The molecule has 0 bridgehead atoms. The molecule has 1 fully saturated rings. The Morgan fingerprint density at radius 3 is 2.48 bits per heavy atom. The number of hydrogen-bond donors (Lipinski definition) is 0. The maximum Gasteiger partial charge on any atom is 0.359 e. The van der Waals surface area contributed by atoms with E-state index in [0.717, 1.165) is 11.4 Å². The third-order valence-electron chi connectivity index (χ3n) is 5.06. The Morgan fingerprint density at radius 1 is 1.07 bits per heavy atom. The summed E-state index contributed by atoms with van der Waals surface area (Å²) in [6.45, 7) is 3.90. The van der Waals surface area contributed by atoms with Gasteiger partial charge in [0.2, 0.25) is 0 Å². The van der Waals surface area contributed by atoms with E-state index in [4.69, 9.17) is 4.74 Å². The number of carbonyl (C=O) groups excluding carboxylic acids is 2. The van der Waals surface area contributed by atoms with Crippen LogP contribution >= 0.6 is 0 Å². The highest BCUT2D eigenvalue weighted by molar-refractivity contribution is 5.90. The molecule has 1 saturated heterocycles. The average molecular weight is 396 g/mol. The molecule has 0 saturated carbocycles. The first kappa shape index (κ1) is 18.9. The normalized spacial score (nSPS) is 14.3. The Balaban J connectivity index is 1.30. The lowest BCUT2D eigenvalue weighted by atomic mass is 10.2. The number of imidazole rings is 1. The maximum atomic E-state index is 13.1. The van der Waals surface area contributed by atoms with E-state index in [1.807, 2.05) is 19.1 Å². The topological polar surface area (TPSA) is 67.2 Å². The number of rotatable bonds is 4. The van der Waals surface area contributed by atoms with Crippen LogP contribution in [0.5, 0.6) is 0 Å². The van der Waals surface area contributed by atoms with E-state index in [-0.39, 0.29) is 24.0 Å². The zero-order chi connectivity index (χ0) is 20.4. The van der Waals surface area contributed by atoms with Crippen molar-refractivity contribution in [3.05, 3.63) is 65.9 Å². The Kier molecular flexibility index (Phi) is 5.16. The van der Waals surface area contributed by atoms with Crippen LogP contribution in [0, 0.1) is 12.7 Å². The summed E-state index contributed by atoms with van der Waals surface area (Å²) in [6.07, 6.45) is 1.61. The van der Waals surface area contributed by atoms with Crippen molar-refractivity contribution in [2.75, 3.05) is 37.7 Å². The molecular weight excluding hydrogens is 375 g/mol. The first-order chi connectivity index (χ1) is 14.0. The van der Waals surface area contributed by atoms with Crippen LogP contribution in [0.3, 0.4) is 0 Å². The van der Waals surface area contributed by atoms with Crippen LogP contribution in [0.25, 0.3) is 5.65 Å². The summed E-state index contributed by atoms with van der Waals surface area (Å²) < 4.78 is 20.0. The van der Waals surface area contributed by atoms with Gasteiger partial charge in [-0.3, -0.25) is 4.79 Å². The summed E-state index contributed by atoms with van der Waals surface area (Å²) in [6, 6.07) is 11.9. The lowest BCUT2D eigenvalue weighted by Gasteiger charge is -2.36. The first-order valence-electron chi connectivity index (χ1n) is 9.41. The SMILES string of the molecule is Cc1cccc2nc(C(=O)OCC(=O)N3CCN(c4ccc(F)cc4)CC3)cn12. The molecule has 0 aliphatic carbocycles. The van der Waals surface area contributed by atoms with Gasteiger partial charge in [0, 0.05) is 43.8 Å². The van der Waals surface area contributed by atoms with Crippen LogP contribution in [-0.2, 0) is 9.53 Å². The molecule has 0 N–H and O–H groups in total. The average Bonchev–Trinajstić information content (AvgIpc) is 3.18. The van der Waals surface area contributed by atoms with Gasteiger partial charge in [-0.15, -0.1) is 0 Å². The summed E-state index contributed by atoms with van der Waals surface area (Å²) in [5, 5.41) is 0. The molecule has 7 nitrogen and oxygen atoms in total. The number of ether oxygens (including phenoxy) is 1. The summed E-state index contributed by atoms with van der Waals surface area (Å²) in [5.41, 5.74) is 2.70. The molecule has 1 aromatic carbocycles. The molecule has 1 aliphatic rings. The predicted molar refractivity (Wildman–Crippen MR) is 105 cm³/mol. The van der Waals surface area contributed by atoms with Gasteiger partial charge in [-0.2, -0.15) is 0 Å². The second kappa shape index (κ2) is 7.90. The van der Waals surface area contributed by atoms with E-state index in [9.17, 15) is 14.0 Å². The minimum absolute atomic E-state index is 0.174. The molecule has 4 rings (SSSR count). The number of hydrogen-bond acceptors (Lipinski definition) is 5. The van der Waals surface area contributed by atoms with E-state index < -0.39 is 5.97 Å². The molecule has 0 spiro atoms. The van der Waals surface area contributed by atoms with Gasteiger partial charge in [0.15, 0.2) is 12.3 Å². The highest BCUT2D eigenvalue weighted by Gasteiger charge is 2.23. The molecule has 150 valence electrons. The third-order valence-corrected chi connectivity index (χ3v) is 5.06. The van der Waals surface area contributed by atoms with Gasteiger partial charge >= 0.3 is 5.97 Å². The number of fused-ring (bicyclic) bond motifs is 1. The second-order valence-electron chi connectivity index (χ2n) is 6.94. The summed E-state index contributed by atoms with van der Waals surface area (Å²) in [5.74, 6) is -1.13. The van der Waals surface area contributed by atoms with Gasteiger partial charge in [-0.25, -0.2) is 14.2 Å². The smallest absolute Gasteiger partial charge is 0.359 e. The monoisotopic (exact) mass is 396 g/mol. The molecule has 8 heteroatoms. The highest BCUT2D eigenvalue weighted by atomic mass is 19.1. The zero-order valence-corrected chi connectivity index (χ0v) is 16.0. The minimum atomic E-state index is -0.619. The molecular formula is C21H21FN4O3. The summed E-state index contributed by atoms with van der Waals surface area (Å²) >= 11 is 0. The molecule has 1 aliphatic heterocycles. The van der Waals surface area contributed by atoms with Crippen LogP contribution < -0.4 is 4.90 Å². The fourth-order valence-corrected chi connectivity index (χ4v) is 3.41. The molecule has 2 aromatic heterocycles. The number of aryl methyl sites for hydroxylation is 1. The number of pyridine rings is 1. The lowest BCUT2D eigenvalue weighted by molar-refractivity contribution is -0.134. The summed E-state index contributed by atoms with van der Waals surface area (Å²) in [7, 11) is 0. The number of anilines is 1. The van der Waals surface area contributed by atoms with E-state index in [1.54, 1.807) is 33.7 Å². The molecule has 0 unspecified atom stereocenters. The third kappa shape index (κ3) is 4.06. The Hall–Kier alpha value is -3.42. The number of aromatic nitrogens is 2. The van der Waals surface area contributed by atoms with Crippen molar-refractivity contribution in [2.24, 2.45) is 0 Å². The number of amides is 1. The fourth-order valence-electron chi connectivity index (χ4n) is 3.41. The number of esters is 1. The molecule has 1 amide bonds. The first-order valence-corrected chi connectivity index (χ1v) is 9.41. The quantitative estimate of drug-likeness (QED) is 0.633. The number of nitrogens with zero attached hydrogens (tertiary/aromatic N) is 4.